The Balaban J connectivity index is 1.78. The van der Waals surface area contributed by atoms with Gasteiger partial charge in [-0.2, -0.15) is 4.31 Å². The predicted octanol–water partition coefficient (Wildman–Crippen LogP) is 3.88. The van der Waals surface area contributed by atoms with E-state index in [0.29, 0.717) is 6.54 Å². The number of rotatable bonds is 5. The number of carbonyl (C=O) groups excluding carboxylic acids is 1. The zero-order chi connectivity index (χ0) is 20.3. The molecule has 0 radical (unpaired) electrons. The maximum Gasteiger partial charge on any atom is 0.251 e. The molecule has 1 N–H and O–H groups in total. The lowest BCUT2D eigenvalue weighted by molar-refractivity contribution is 0.0939. The van der Waals surface area contributed by atoms with Crippen LogP contribution >= 0.6 is 0 Å². The fourth-order valence-corrected chi connectivity index (χ4v) is 5.22. The van der Waals surface area contributed by atoms with Crippen molar-refractivity contribution in [3.05, 3.63) is 65.5 Å². The lowest BCUT2D eigenvalue weighted by Crippen LogP contribution is -2.42. The van der Waals surface area contributed by atoms with Crippen LogP contribution in [0.1, 0.15) is 55.1 Å². The maximum atomic E-state index is 13.1. The average molecular weight is 405 g/mol. The first-order valence-electron chi connectivity index (χ1n) is 9.47. The van der Waals surface area contributed by atoms with Gasteiger partial charge in [0.15, 0.2) is 0 Å². The molecule has 1 aliphatic heterocycles. The zero-order valence-corrected chi connectivity index (χ0v) is 16.9. The minimum absolute atomic E-state index is 0.0465. The summed E-state index contributed by atoms with van der Waals surface area (Å²) >= 11 is 0. The van der Waals surface area contributed by atoms with E-state index in [0.717, 1.165) is 24.8 Å². The summed E-state index contributed by atoms with van der Waals surface area (Å²) in [4.78, 5) is 12.7. The van der Waals surface area contributed by atoms with E-state index in [9.17, 15) is 17.6 Å². The van der Waals surface area contributed by atoms with E-state index < -0.39 is 10.0 Å². The Morgan fingerprint density at radius 2 is 1.89 bits per heavy atom. The molecular formula is C21H25FN2O3S. The number of halogens is 1. The molecule has 0 unspecified atom stereocenters. The Morgan fingerprint density at radius 3 is 2.57 bits per heavy atom. The first kappa shape index (κ1) is 20.5. The third-order valence-corrected chi connectivity index (χ3v) is 7.17. The summed E-state index contributed by atoms with van der Waals surface area (Å²) in [6, 6.07) is 11.6. The van der Waals surface area contributed by atoms with Crippen LogP contribution in [0.5, 0.6) is 0 Å². The van der Waals surface area contributed by atoms with Gasteiger partial charge in [0.25, 0.3) is 5.91 Å². The third kappa shape index (κ3) is 4.42. The van der Waals surface area contributed by atoms with Crippen LogP contribution in [0.25, 0.3) is 0 Å². The number of amides is 1. The first-order valence-corrected chi connectivity index (χ1v) is 10.9. The second-order valence-corrected chi connectivity index (χ2v) is 9.13. The van der Waals surface area contributed by atoms with Gasteiger partial charge in [0.2, 0.25) is 10.0 Å². The molecule has 2 aromatic rings. The van der Waals surface area contributed by atoms with Crippen LogP contribution in [0.15, 0.2) is 53.4 Å². The molecule has 7 heteroatoms. The summed E-state index contributed by atoms with van der Waals surface area (Å²) in [6.45, 7) is 4.21. The molecular weight excluding hydrogens is 379 g/mol. The molecule has 0 bridgehead atoms. The van der Waals surface area contributed by atoms with Crippen LogP contribution in [0.3, 0.4) is 0 Å². The second-order valence-electron chi connectivity index (χ2n) is 7.24. The van der Waals surface area contributed by atoms with E-state index in [2.05, 4.69) is 5.32 Å². The Hall–Kier alpha value is -2.25. The van der Waals surface area contributed by atoms with Crippen molar-refractivity contribution in [1.82, 2.24) is 9.62 Å². The number of nitrogens with zero attached hydrogens (tertiary/aromatic N) is 1. The van der Waals surface area contributed by atoms with E-state index in [1.165, 1.54) is 28.6 Å². The molecule has 0 spiro atoms. The molecule has 28 heavy (non-hydrogen) atoms. The Morgan fingerprint density at radius 1 is 1.18 bits per heavy atom. The van der Waals surface area contributed by atoms with Gasteiger partial charge >= 0.3 is 0 Å². The van der Waals surface area contributed by atoms with Crippen LogP contribution in [0.2, 0.25) is 0 Å². The highest BCUT2D eigenvalue weighted by Gasteiger charge is 2.31. The normalized spacial score (nSPS) is 19.2. The van der Waals surface area contributed by atoms with Gasteiger partial charge in [-0.25, -0.2) is 12.8 Å². The van der Waals surface area contributed by atoms with E-state index in [-0.39, 0.29) is 34.3 Å². The molecule has 2 atom stereocenters. The molecule has 1 fully saturated rings. The van der Waals surface area contributed by atoms with Gasteiger partial charge in [0, 0.05) is 18.2 Å². The molecule has 0 saturated carbocycles. The minimum Gasteiger partial charge on any atom is -0.346 e. The fraction of sp³-hybridized carbons (Fsp3) is 0.381. The number of piperidine rings is 1. The minimum atomic E-state index is -3.64. The van der Waals surface area contributed by atoms with E-state index in [1.54, 1.807) is 31.2 Å². The molecule has 1 aliphatic rings. The lowest BCUT2D eigenvalue weighted by atomic mass is 10.1. The van der Waals surface area contributed by atoms with Crippen molar-refractivity contribution in [1.29, 1.82) is 0 Å². The topological polar surface area (TPSA) is 66.5 Å². The van der Waals surface area contributed by atoms with Gasteiger partial charge in [0.05, 0.1) is 10.9 Å². The fourth-order valence-electron chi connectivity index (χ4n) is 3.48. The highest BCUT2D eigenvalue weighted by atomic mass is 32.2. The van der Waals surface area contributed by atoms with Crippen LogP contribution in [0, 0.1) is 5.82 Å². The quantitative estimate of drug-likeness (QED) is 0.822. The average Bonchev–Trinajstić information content (AvgIpc) is 2.68. The van der Waals surface area contributed by atoms with Crippen molar-refractivity contribution in [2.75, 3.05) is 6.54 Å². The smallest absolute Gasteiger partial charge is 0.251 e. The van der Waals surface area contributed by atoms with Gasteiger partial charge in [-0.1, -0.05) is 24.6 Å². The van der Waals surface area contributed by atoms with Crippen molar-refractivity contribution in [3.8, 4) is 0 Å². The van der Waals surface area contributed by atoms with Gasteiger partial charge < -0.3 is 5.32 Å². The zero-order valence-electron chi connectivity index (χ0n) is 16.1. The number of hydrogen-bond acceptors (Lipinski definition) is 3. The van der Waals surface area contributed by atoms with Crippen molar-refractivity contribution in [3.63, 3.8) is 0 Å². The molecule has 2 aromatic carbocycles. The Kier molecular flexibility index (Phi) is 6.15. The molecule has 1 amide bonds. The number of nitrogens with one attached hydrogen (secondary N) is 1. The summed E-state index contributed by atoms with van der Waals surface area (Å²) in [5, 5.41) is 2.83. The van der Waals surface area contributed by atoms with Gasteiger partial charge in [-0.3, -0.25) is 4.79 Å². The van der Waals surface area contributed by atoms with Gasteiger partial charge in [0.1, 0.15) is 5.82 Å². The third-order valence-electron chi connectivity index (χ3n) is 5.16. The largest absolute Gasteiger partial charge is 0.346 e. The molecule has 0 aliphatic carbocycles. The summed E-state index contributed by atoms with van der Waals surface area (Å²) in [6.07, 6.45) is 2.71. The van der Waals surface area contributed by atoms with Crippen LogP contribution in [-0.2, 0) is 10.0 Å². The number of sulfonamides is 1. The van der Waals surface area contributed by atoms with E-state index in [1.807, 2.05) is 6.92 Å². The molecule has 0 aromatic heterocycles. The second kappa shape index (κ2) is 8.41. The predicted molar refractivity (Wildman–Crippen MR) is 106 cm³/mol. The molecule has 150 valence electrons. The van der Waals surface area contributed by atoms with Crippen molar-refractivity contribution < 1.29 is 17.6 Å². The van der Waals surface area contributed by atoms with E-state index in [4.69, 9.17) is 0 Å². The van der Waals surface area contributed by atoms with Crippen LogP contribution in [-0.4, -0.2) is 31.2 Å². The Bertz CT molecular complexity index is 944. The van der Waals surface area contributed by atoms with E-state index >= 15 is 0 Å². The summed E-state index contributed by atoms with van der Waals surface area (Å²) in [5.74, 6) is -0.715. The number of benzene rings is 2. The molecule has 5 nitrogen and oxygen atoms in total. The van der Waals surface area contributed by atoms with Crippen molar-refractivity contribution in [2.24, 2.45) is 0 Å². The SMILES string of the molecule is C[C@H](NC(=O)c1cccc(S(=O)(=O)N2CCCC[C@H]2C)c1)c1ccc(F)cc1. The highest BCUT2D eigenvalue weighted by Crippen LogP contribution is 2.25. The van der Waals surface area contributed by atoms with Crippen LogP contribution in [0.4, 0.5) is 4.39 Å². The molecule has 1 saturated heterocycles. The maximum absolute atomic E-state index is 13.1. The monoisotopic (exact) mass is 404 g/mol. The van der Waals surface area contributed by atoms with Gasteiger partial charge in [-0.15, -0.1) is 0 Å². The lowest BCUT2D eigenvalue weighted by Gasteiger charge is -2.32. The molecule has 1 heterocycles. The van der Waals surface area contributed by atoms with Crippen molar-refractivity contribution >= 4 is 15.9 Å². The summed E-state index contributed by atoms with van der Waals surface area (Å²) < 4.78 is 40.6. The highest BCUT2D eigenvalue weighted by molar-refractivity contribution is 7.89. The van der Waals surface area contributed by atoms with Gasteiger partial charge in [-0.05, 0) is 62.6 Å². The number of carbonyl (C=O) groups is 1. The summed E-state index contributed by atoms with van der Waals surface area (Å²) in [7, 11) is -3.64. The first-order chi connectivity index (χ1) is 13.3. The summed E-state index contributed by atoms with van der Waals surface area (Å²) in [5.41, 5.74) is 1.04. The Labute approximate surface area is 165 Å². The van der Waals surface area contributed by atoms with Crippen molar-refractivity contribution in [2.45, 2.75) is 50.1 Å². The number of hydrogen-bond donors (Lipinski definition) is 1. The van der Waals surface area contributed by atoms with Crippen LogP contribution < -0.4 is 5.32 Å². The molecule has 3 rings (SSSR count). The standard InChI is InChI=1S/C21H25FN2O3S/c1-15-6-3-4-13-24(15)28(26,27)20-8-5-7-18(14-20)21(25)23-16(2)17-9-11-19(22)12-10-17/h5,7-12,14-16H,3-4,6,13H2,1-2H3,(H,23,25)/t15-,16+/m1/s1.